The van der Waals surface area contributed by atoms with Gasteiger partial charge in [-0.2, -0.15) is 11.3 Å². The molecule has 18 heavy (non-hydrogen) atoms. The molecule has 1 N–H and O–H groups in total. The molecule has 2 aromatic rings. The maximum absolute atomic E-state index is 4.65. The molecular formula is C13H16BrN3S. The van der Waals surface area contributed by atoms with Crippen molar-refractivity contribution in [1.29, 1.82) is 0 Å². The van der Waals surface area contributed by atoms with Gasteiger partial charge in [0.1, 0.15) is 5.82 Å². The molecule has 0 atom stereocenters. The number of thiophene rings is 1. The van der Waals surface area contributed by atoms with Gasteiger partial charge in [-0.05, 0) is 47.1 Å². The van der Waals surface area contributed by atoms with Crippen LogP contribution in [0.15, 0.2) is 15.2 Å². The van der Waals surface area contributed by atoms with Gasteiger partial charge >= 0.3 is 0 Å². The van der Waals surface area contributed by atoms with Gasteiger partial charge in [0.05, 0.1) is 10.2 Å². The van der Waals surface area contributed by atoms with E-state index >= 15 is 0 Å². The molecule has 0 fully saturated rings. The molecular weight excluding hydrogens is 310 g/mol. The third-order valence-electron chi connectivity index (χ3n) is 2.70. The van der Waals surface area contributed by atoms with Crippen molar-refractivity contribution in [3.8, 4) is 11.4 Å². The van der Waals surface area contributed by atoms with Crippen molar-refractivity contribution < 1.29 is 0 Å². The van der Waals surface area contributed by atoms with Crippen molar-refractivity contribution in [2.45, 2.75) is 27.2 Å². The van der Waals surface area contributed by atoms with Crippen LogP contribution in [0.3, 0.4) is 0 Å². The molecule has 0 radical (unpaired) electrons. The summed E-state index contributed by atoms with van der Waals surface area (Å²) in [6, 6.07) is 0. The quantitative estimate of drug-likeness (QED) is 0.912. The van der Waals surface area contributed by atoms with Gasteiger partial charge in [-0.3, -0.25) is 0 Å². The SMILES string of the molecule is CCNc1nc(-c2cscc2C)nc(CC)c1Br. The Labute approximate surface area is 120 Å². The second-order valence-corrected chi connectivity index (χ2v) is 5.55. The van der Waals surface area contributed by atoms with E-state index in [1.807, 2.05) is 0 Å². The van der Waals surface area contributed by atoms with Crippen LogP contribution in [0.25, 0.3) is 11.4 Å². The minimum absolute atomic E-state index is 0.810. The van der Waals surface area contributed by atoms with Gasteiger partial charge in [-0.15, -0.1) is 0 Å². The molecule has 0 saturated carbocycles. The van der Waals surface area contributed by atoms with Gasteiger partial charge in [0.15, 0.2) is 5.82 Å². The van der Waals surface area contributed by atoms with E-state index in [1.54, 1.807) is 11.3 Å². The predicted molar refractivity (Wildman–Crippen MR) is 81.3 cm³/mol. The summed E-state index contributed by atoms with van der Waals surface area (Å²) in [5, 5.41) is 7.51. The number of nitrogens with zero attached hydrogens (tertiary/aromatic N) is 2. The van der Waals surface area contributed by atoms with Gasteiger partial charge in [-0.25, -0.2) is 9.97 Å². The molecule has 0 amide bonds. The van der Waals surface area contributed by atoms with Gasteiger partial charge in [0, 0.05) is 17.5 Å². The summed E-state index contributed by atoms with van der Waals surface area (Å²) in [6.45, 7) is 7.11. The summed E-state index contributed by atoms with van der Waals surface area (Å²) < 4.78 is 0.975. The number of halogens is 1. The monoisotopic (exact) mass is 325 g/mol. The van der Waals surface area contributed by atoms with Gasteiger partial charge in [0.25, 0.3) is 0 Å². The molecule has 96 valence electrons. The second-order valence-electron chi connectivity index (χ2n) is 4.01. The van der Waals surface area contributed by atoms with Crippen LogP contribution in [0.5, 0.6) is 0 Å². The first-order valence-corrected chi connectivity index (χ1v) is 7.74. The Morgan fingerprint density at radius 3 is 2.61 bits per heavy atom. The average Bonchev–Trinajstić information content (AvgIpc) is 2.78. The van der Waals surface area contributed by atoms with E-state index in [0.717, 1.165) is 40.3 Å². The highest BCUT2D eigenvalue weighted by atomic mass is 79.9. The minimum Gasteiger partial charge on any atom is -0.369 e. The van der Waals surface area contributed by atoms with E-state index in [2.05, 4.69) is 62.7 Å². The van der Waals surface area contributed by atoms with E-state index < -0.39 is 0 Å². The molecule has 0 bridgehead atoms. The van der Waals surface area contributed by atoms with Crippen molar-refractivity contribution in [2.75, 3.05) is 11.9 Å². The van der Waals surface area contributed by atoms with Crippen LogP contribution in [0.1, 0.15) is 25.1 Å². The first kappa shape index (κ1) is 13.5. The van der Waals surface area contributed by atoms with Crippen LogP contribution in [-0.4, -0.2) is 16.5 Å². The molecule has 2 aromatic heterocycles. The number of aryl methyl sites for hydroxylation is 2. The molecule has 0 aliphatic rings. The number of rotatable bonds is 4. The average molecular weight is 326 g/mol. The van der Waals surface area contributed by atoms with Gasteiger partial charge in [0.2, 0.25) is 0 Å². The van der Waals surface area contributed by atoms with Crippen LogP contribution < -0.4 is 5.32 Å². The summed E-state index contributed by atoms with van der Waals surface area (Å²) in [4.78, 5) is 9.26. The van der Waals surface area contributed by atoms with E-state index in [0.29, 0.717) is 0 Å². The highest BCUT2D eigenvalue weighted by Crippen LogP contribution is 2.30. The van der Waals surface area contributed by atoms with Crippen LogP contribution in [0, 0.1) is 6.92 Å². The van der Waals surface area contributed by atoms with E-state index in [9.17, 15) is 0 Å². The molecule has 0 spiro atoms. The Balaban J connectivity index is 2.55. The van der Waals surface area contributed by atoms with Gasteiger partial charge in [-0.1, -0.05) is 6.92 Å². The van der Waals surface area contributed by atoms with E-state index in [-0.39, 0.29) is 0 Å². The maximum Gasteiger partial charge on any atom is 0.162 e. The number of anilines is 1. The minimum atomic E-state index is 0.810. The third-order valence-corrected chi connectivity index (χ3v) is 4.39. The standard InChI is InChI=1S/C13H16BrN3S/c1-4-10-11(14)13(15-5-2)17-12(16-10)9-7-18-6-8(9)3/h6-7H,4-5H2,1-3H3,(H,15,16,17). The molecule has 0 aliphatic heterocycles. The zero-order chi connectivity index (χ0) is 13.1. The largest absolute Gasteiger partial charge is 0.369 e. The topological polar surface area (TPSA) is 37.8 Å². The highest BCUT2D eigenvalue weighted by molar-refractivity contribution is 9.10. The Kier molecular flexibility index (Phi) is 4.35. The zero-order valence-corrected chi connectivity index (χ0v) is 13.2. The molecule has 5 heteroatoms. The highest BCUT2D eigenvalue weighted by Gasteiger charge is 2.13. The summed E-state index contributed by atoms with van der Waals surface area (Å²) in [6.07, 6.45) is 0.887. The summed E-state index contributed by atoms with van der Waals surface area (Å²) in [7, 11) is 0. The molecule has 3 nitrogen and oxygen atoms in total. The van der Waals surface area contributed by atoms with Crippen molar-refractivity contribution in [3.63, 3.8) is 0 Å². The summed E-state index contributed by atoms with van der Waals surface area (Å²) >= 11 is 5.26. The number of nitrogens with one attached hydrogen (secondary N) is 1. The fourth-order valence-electron chi connectivity index (χ4n) is 1.72. The van der Waals surface area contributed by atoms with Crippen LogP contribution in [-0.2, 0) is 6.42 Å². The number of aromatic nitrogens is 2. The second kappa shape index (κ2) is 5.80. The van der Waals surface area contributed by atoms with Crippen molar-refractivity contribution in [1.82, 2.24) is 9.97 Å². The fourth-order valence-corrected chi connectivity index (χ4v) is 3.15. The molecule has 2 rings (SSSR count). The third kappa shape index (κ3) is 2.57. The lowest BCUT2D eigenvalue weighted by molar-refractivity contribution is 0.983. The van der Waals surface area contributed by atoms with E-state index in [1.165, 1.54) is 5.56 Å². The Morgan fingerprint density at radius 2 is 2.06 bits per heavy atom. The normalized spacial score (nSPS) is 10.7. The van der Waals surface area contributed by atoms with Crippen molar-refractivity contribution in [2.24, 2.45) is 0 Å². The van der Waals surface area contributed by atoms with Crippen LogP contribution in [0.2, 0.25) is 0 Å². The Bertz CT molecular complexity index is 551. The van der Waals surface area contributed by atoms with Crippen LogP contribution in [0.4, 0.5) is 5.82 Å². The van der Waals surface area contributed by atoms with Crippen LogP contribution >= 0.6 is 27.3 Å². The smallest absolute Gasteiger partial charge is 0.162 e. The zero-order valence-electron chi connectivity index (χ0n) is 10.7. The van der Waals surface area contributed by atoms with E-state index in [4.69, 9.17) is 0 Å². The Morgan fingerprint density at radius 1 is 1.28 bits per heavy atom. The number of hydrogen-bond acceptors (Lipinski definition) is 4. The summed E-state index contributed by atoms with van der Waals surface area (Å²) in [5.41, 5.74) is 3.40. The first-order valence-electron chi connectivity index (χ1n) is 6.00. The predicted octanol–water partition coefficient (Wildman–Crippen LogP) is 4.27. The van der Waals surface area contributed by atoms with Crippen molar-refractivity contribution >= 4 is 33.1 Å². The first-order chi connectivity index (χ1) is 8.67. The number of hydrogen-bond donors (Lipinski definition) is 1. The molecule has 0 unspecified atom stereocenters. The van der Waals surface area contributed by atoms with Crippen molar-refractivity contribution in [3.05, 3.63) is 26.5 Å². The fraction of sp³-hybridized carbons (Fsp3) is 0.385. The molecule has 2 heterocycles. The molecule has 0 saturated heterocycles. The lowest BCUT2D eigenvalue weighted by atomic mass is 10.2. The lowest BCUT2D eigenvalue weighted by Gasteiger charge is -2.11. The maximum atomic E-state index is 4.65. The Hall–Kier alpha value is -0.940. The summed E-state index contributed by atoms with van der Waals surface area (Å²) in [5.74, 6) is 1.69. The molecule has 0 aromatic carbocycles. The lowest BCUT2D eigenvalue weighted by Crippen LogP contribution is -2.05. The van der Waals surface area contributed by atoms with Gasteiger partial charge < -0.3 is 5.32 Å². The molecule has 0 aliphatic carbocycles.